The number of carboxylic acids is 1. The SMILES string of the molecule is CN(CC(=O)O)CC1CN(Cc2ccc(-n3cnc4ccccc43)cc2)CCO1. The first-order valence-corrected chi connectivity index (χ1v) is 9.84. The molecule has 7 nitrogen and oxygen atoms in total. The van der Waals surface area contributed by atoms with Gasteiger partial charge in [0.25, 0.3) is 0 Å². The Kier molecular flexibility index (Phi) is 5.89. The molecule has 2 aromatic carbocycles. The summed E-state index contributed by atoms with van der Waals surface area (Å²) in [5, 5.41) is 8.91. The van der Waals surface area contributed by atoms with Gasteiger partial charge in [-0.2, -0.15) is 0 Å². The van der Waals surface area contributed by atoms with E-state index in [1.807, 2.05) is 31.6 Å². The Hall–Kier alpha value is -2.74. The third-order valence-corrected chi connectivity index (χ3v) is 5.22. The van der Waals surface area contributed by atoms with Crippen LogP contribution in [0.1, 0.15) is 5.56 Å². The number of likely N-dealkylation sites (N-methyl/N-ethyl adjacent to an activating group) is 1. The molecular weight excluding hydrogens is 368 g/mol. The first kappa shape index (κ1) is 19.6. The van der Waals surface area contributed by atoms with Crippen molar-refractivity contribution in [1.82, 2.24) is 19.4 Å². The summed E-state index contributed by atoms with van der Waals surface area (Å²) in [5.74, 6) is -0.814. The summed E-state index contributed by atoms with van der Waals surface area (Å²) in [6.45, 7) is 3.86. The number of morpholine rings is 1. The van der Waals surface area contributed by atoms with Crippen molar-refractivity contribution in [1.29, 1.82) is 0 Å². The molecule has 0 amide bonds. The molecule has 3 aromatic rings. The fourth-order valence-electron chi connectivity index (χ4n) is 3.86. The lowest BCUT2D eigenvalue weighted by Crippen LogP contribution is -2.47. The molecule has 1 atom stereocenters. The number of aromatic nitrogens is 2. The van der Waals surface area contributed by atoms with Gasteiger partial charge in [0, 0.05) is 31.9 Å². The number of fused-ring (bicyclic) bond motifs is 1. The average molecular weight is 394 g/mol. The predicted octanol–water partition coefficient (Wildman–Crippen LogP) is 2.24. The van der Waals surface area contributed by atoms with E-state index in [0.717, 1.165) is 36.4 Å². The molecule has 0 bridgehead atoms. The second-order valence-corrected chi connectivity index (χ2v) is 7.59. The highest BCUT2D eigenvalue weighted by molar-refractivity contribution is 5.77. The Morgan fingerprint density at radius 2 is 2.03 bits per heavy atom. The molecule has 1 aliphatic rings. The van der Waals surface area contributed by atoms with Crippen molar-refractivity contribution in [2.45, 2.75) is 12.6 Å². The summed E-state index contributed by atoms with van der Waals surface area (Å²) in [5.41, 5.74) is 4.43. The van der Waals surface area contributed by atoms with E-state index in [-0.39, 0.29) is 12.6 Å². The summed E-state index contributed by atoms with van der Waals surface area (Å²) in [7, 11) is 1.81. The molecule has 2 heterocycles. The largest absolute Gasteiger partial charge is 0.480 e. The number of hydrogen-bond donors (Lipinski definition) is 1. The van der Waals surface area contributed by atoms with Gasteiger partial charge in [0.15, 0.2) is 0 Å². The van der Waals surface area contributed by atoms with Gasteiger partial charge < -0.3 is 9.84 Å². The van der Waals surface area contributed by atoms with Gasteiger partial charge in [-0.05, 0) is 36.9 Å². The van der Waals surface area contributed by atoms with Crippen LogP contribution in [0.15, 0.2) is 54.9 Å². The molecule has 1 fully saturated rings. The number of aliphatic carboxylic acids is 1. The number of para-hydroxylation sites is 2. The minimum atomic E-state index is -0.814. The number of imidazole rings is 1. The molecule has 0 saturated carbocycles. The van der Waals surface area contributed by atoms with E-state index in [0.29, 0.717) is 13.2 Å². The third kappa shape index (κ3) is 4.82. The van der Waals surface area contributed by atoms with Crippen molar-refractivity contribution >= 4 is 17.0 Å². The lowest BCUT2D eigenvalue weighted by atomic mass is 10.1. The number of rotatable bonds is 7. The first-order chi connectivity index (χ1) is 14.1. The quantitative estimate of drug-likeness (QED) is 0.663. The number of ether oxygens (including phenoxy) is 1. The van der Waals surface area contributed by atoms with Gasteiger partial charge in [-0.1, -0.05) is 24.3 Å². The van der Waals surface area contributed by atoms with Crippen LogP contribution in [0.3, 0.4) is 0 Å². The minimum Gasteiger partial charge on any atom is -0.480 e. The zero-order chi connectivity index (χ0) is 20.2. The van der Waals surface area contributed by atoms with Gasteiger partial charge in [0.2, 0.25) is 0 Å². The molecule has 29 heavy (non-hydrogen) atoms. The molecule has 1 unspecified atom stereocenters. The zero-order valence-electron chi connectivity index (χ0n) is 16.6. The molecule has 152 valence electrons. The number of hydrogen-bond acceptors (Lipinski definition) is 5. The fourth-order valence-corrected chi connectivity index (χ4v) is 3.86. The van der Waals surface area contributed by atoms with Crippen molar-refractivity contribution in [2.24, 2.45) is 0 Å². The topological polar surface area (TPSA) is 70.8 Å². The van der Waals surface area contributed by atoms with Crippen LogP contribution in [-0.4, -0.2) is 76.4 Å². The predicted molar refractivity (Wildman–Crippen MR) is 111 cm³/mol. The summed E-state index contributed by atoms with van der Waals surface area (Å²) in [6, 6.07) is 16.7. The van der Waals surface area contributed by atoms with Crippen molar-refractivity contribution in [2.75, 3.05) is 39.8 Å². The summed E-state index contributed by atoms with van der Waals surface area (Å²) in [4.78, 5) is 19.5. The van der Waals surface area contributed by atoms with Gasteiger partial charge >= 0.3 is 5.97 Å². The second-order valence-electron chi connectivity index (χ2n) is 7.59. The van der Waals surface area contributed by atoms with Crippen LogP contribution < -0.4 is 0 Å². The van der Waals surface area contributed by atoms with Gasteiger partial charge in [-0.15, -0.1) is 0 Å². The van der Waals surface area contributed by atoms with E-state index < -0.39 is 5.97 Å². The fraction of sp³-hybridized carbons (Fsp3) is 0.364. The van der Waals surface area contributed by atoms with Gasteiger partial charge in [0.05, 0.1) is 30.3 Å². The molecule has 0 spiro atoms. The maximum atomic E-state index is 10.8. The van der Waals surface area contributed by atoms with Crippen LogP contribution in [0.2, 0.25) is 0 Å². The van der Waals surface area contributed by atoms with E-state index in [2.05, 4.69) is 44.8 Å². The highest BCUT2D eigenvalue weighted by atomic mass is 16.5. The lowest BCUT2D eigenvalue weighted by Gasteiger charge is -2.34. The van der Waals surface area contributed by atoms with Crippen LogP contribution in [-0.2, 0) is 16.1 Å². The standard InChI is InChI=1S/C22H26N4O3/c1-24(15-22(27)28)13-19-14-25(10-11-29-19)12-17-6-8-18(9-7-17)26-16-23-20-4-2-3-5-21(20)26/h2-9,16,19H,10-15H2,1H3,(H,27,28). The van der Waals surface area contributed by atoms with Gasteiger partial charge in [-0.3, -0.25) is 19.2 Å². The molecule has 1 aromatic heterocycles. The van der Waals surface area contributed by atoms with Crippen molar-refractivity contribution in [3.05, 3.63) is 60.4 Å². The van der Waals surface area contributed by atoms with Crippen LogP contribution in [0.25, 0.3) is 16.7 Å². The monoisotopic (exact) mass is 394 g/mol. The third-order valence-electron chi connectivity index (χ3n) is 5.22. The van der Waals surface area contributed by atoms with E-state index in [9.17, 15) is 4.79 Å². The number of carboxylic acid groups (broad SMARTS) is 1. The number of benzene rings is 2. The zero-order valence-corrected chi connectivity index (χ0v) is 16.6. The molecule has 0 radical (unpaired) electrons. The Bertz CT molecular complexity index is 970. The van der Waals surface area contributed by atoms with Gasteiger partial charge in [-0.25, -0.2) is 4.98 Å². The molecule has 1 N–H and O–H groups in total. The van der Waals surface area contributed by atoms with Crippen molar-refractivity contribution in [3.8, 4) is 5.69 Å². The van der Waals surface area contributed by atoms with E-state index in [1.165, 1.54) is 5.56 Å². The van der Waals surface area contributed by atoms with E-state index >= 15 is 0 Å². The Morgan fingerprint density at radius 1 is 1.24 bits per heavy atom. The Morgan fingerprint density at radius 3 is 2.83 bits per heavy atom. The van der Waals surface area contributed by atoms with E-state index in [4.69, 9.17) is 9.84 Å². The summed E-state index contributed by atoms with van der Waals surface area (Å²) in [6.07, 6.45) is 1.89. The minimum absolute atomic E-state index is 0.0320. The average Bonchev–Trinajstić information content (AvgIpc) is 3.12. The van der Waals surface area contributed by atoms with Crippen molar-refractivity contribution < 1.29 is 14.6 Å². The molecule has 4 rings (SSSR count). The maximum absolute atomic E-state index is 10.8. The Balaban J connectivity index is 1.38. The highest BCUT2D eigenvalue weighted by Gasteiger charge is 2.22. The van der Waals surface area contributed by atoms with Crippen molar-refractivity contribution in [3.63, 3.8) is 0 Å². The summed E-state index contributed by atoms with van der Waals surface area (Å²) >= 11 is 0. The Labute approximate surface area is 170 Å². The van der Waals surface area contributed by atoms with Gasteiger partial charge in [0.1, 0.15) is 6.33 Å². The lowest BCUT2D eigenvalue weighted by molar-refractivity contribution is -0.138. The maximum Gasteiger partial charge on any atom is 0.317 e. The second kappa shape index (κ2) is 8.73. The molecule has 1 aliphatic heterocycles. The van der Waals surface area contributed by atoms with Crippen LogP contribution in [0.4, 0.5) is 0 Å². The number of carbonyl (C=O) groups is 1. The smallest absolute Gasteiger partial charge is 0.317 e. The van der Waals surface area contributed by atoms with Crippen LogP contribution in [0.5, 0.6) is 0 Å². The van der Waals surface area contributed by atoms with Crippen LogP contribution in [0, 0.1) is 0 Å². The van der Waals surface area contributed by atoms with Crippen LogP contribution >= 0.6 is 0 Å². The van der Waals surface area contributed by atoms with E-state index in [1.54, 1.807) is 4.90 Å². The first-order valence-electron chi connectivity index (χ1n) is 9.84. The highest BCUT2D eigenvalue weighted by Crippen LogP contribution is 2.19. The molecule has 0 aliphatic carbocycles. The normalized spacial score (nSPS) is 17.8. The molecular formula is C22H26N4O3. The molecule has 1 saturated heterocycles. The number of nitrogens with zero attached hydrogens (tertiary/aromatic N) is 4. The molecule has 7 heteroatoms. The summed E-state index contributed by atoms with van der Waals surface area (Å²) < 4.78 is 7.92.